The van der Waals surface area contributed by atoms with E-state index in [1.807, 2.05) is 0 Å². The molecule has 392 valence electrons. The number of amides is 1. The molecule has 0 bridgehead atoms. The van der Waals surface area contributed by atoms with Gasteiger partial charge >= 0.3 is 5.97 Å². The Labute approximate surface area is 412 Å². The second kappa shape index (κ2) is 56.2. The highest BCUT2D eigenvalue weighted by Gasteiger charge is 2.20. The predicted molar refractivity (Wildman–Crippen MR) is 287 cm³/mol. The Bertz CT molecular complexity index is 986. The van der Waals surface area contributed by atoms with Gasteiger partial charge in [-0.05, 0) is 51.4 Å². The Morgan fingerprint density at radius 2 is 0.712 bits per heavy atom. The molecule has 0 rings (SSSR count). The predicted octanol–water partition coefficient (Wildman–Crippen LogP) is 18.5. The van der Waals surface area contributed by atoms with Crippen molar-refractivity contribution in [2.45, 2.75) is 347 Å². The molecular formula is C60H117NO5. The van der Waals surface area contributed by atoms with E-state index in [0.717, 1.165) is 38.5 Å². The number of aliphatic hydroxyl groups excluding tert-OH is 2. The lowest BCUT2D eigenvalue weighted by Crippen LogP contribution is -2.45. The summed E-state index contributed by atoms with van der Waals surface area (Å²) in [6.45, 7) is 4.96. The lowest BCUT2D eigenvalue weighted by molar-refractivity contribution is -0.143. The van der Waals surface area contributed by atoms with Gasteiger partial charge in [0.2, 0.25) is 5.91 Å². The van der Waals surface area contributed by atoms with E-state index in [-0.39, 0.29) is 18.5 Å². The van der Waals surface area contributed by atoms with Crippen molar-refractivity contribution in [3.8, 4) is 0 Å². The first-order chi connectivity index (χ1) is 32.5. The number of allylic oxidation sites excluding steroid dienone is 2. The molecule has 0 aromatic carbocycles. The Hall–Kier alpha value is -1.40. The second-order valence-electron chi connectivity index (χ2n) is 20.7. The van der Waals surface area contributed by atoms with Crippen LogP contribution in [0.2, 0.25) is 0 Å². The number of nitrogens with one attached hydrogen (secondary N) is 1. The van der Waals surface area contributed by atoms with Crippen molar-refractivity contribution in [1.29, 1.82) is 0 Å². The van der Waals surface area contributed by atoms with Gasteiger partial charge in [-0.15, -0.1) is 0 Å². The summed E-state index contributed by atoms with van der Waals surface area (Å²) in [6.07, 6.45) is 66.4. The fourth-order valence-corrected chi connectivity index (χ4v) is 9.46. The van der Waals surface area contributed by atoms with Crippen molar-refractivity contribution < 1.29 is 24.5 Å². The topological polar surface area (TPSA) is 95.9 Å². The van der Waals surface area contributed by atoms with Gasteiger partial charge in [-0.1, -0.05) is 283 Å². The summed E-state index contributed by atoms with van der Waals surface area (Å²) in [5.74, 6) is -0.0264. The summed E-state index contributed by atoms with van der Waals surface area (Å²) >= 11 is 0. The zero-order chi connectivity index (χ0) is 47.9. The number of ether oxygens (including phenoxy) is 1. The van der Waals surface area contributed by atoms with Crippen LogP contribution in [0.5, 0.6) is 0 Å². The molecular weight excluding hydrogens is 815 g/mol. The number of hydrogen-bond donors (Lipinski definition) is 3. The largest absolute Gasteiger partial charge is 0.466 e. The van der Waals surface area contributed by atoms with Crippen LogP contribution >= 0.6 is 0 Å². The standard InChI is InChI=1S/C60H117NO5/c1-3-5-7-9-11-13-15-28-32-36-40-44-48-52-58(63)57(56-62)61-59(64)53-49-45-41-37-33-30-26-24-22-20-18-17-19-21-23-25-27-31-35-39-43-47-51-55-66-60(65)54-50-46-42-38-34-29-16-14-12-10-8-6-4-2/h20,22,57-58,62-63H,3-19,21,23-56H2,1-2H3,(H,61,64)/b22-20-. The minimum absolute atomic E-state index is 0.0135. The molecule has 0 saturated heterocycles. The van der Waals surface area contributed by atoms with Gasteiger partial charge in [0, 0.05) is 12.8 Å². The number of aliphatic hydroxyl groups is 2. The third kappa shape index (κ3) is 52.0. The van der Waals surface area contributed by atoms with Crippen LogP contribution < -0.4 is 5.32 Å². The van der Waals surface area contributed by atoms with Gasteiger partial charge in [-0.25, -0.2) is 0 Å². The number of hydrogen-bond acceptors (Lipinski definition) is 5. The number of esters is 1. The van der Waals surface area contributed by atoms with Crippen LogP contribution in [0.4, 0.5) is 0 Å². The third-order valence-corrected chi connectivity index (χ3v) is 14.1. The highest BCUT2D eigenvalue weighted by molar-refractivity contribution is 5.76. The molecule has 0 aromatic rings. The summed E-state index contributed by atoms with van der Waals surface area (Å²) in [6, 6.07) is -0.544. The SMILES string of the molecule is CCCCCCCCCCCCCCCC(=O)OCCCCCCCCCCCCCC/C=C\CCCCCCCCCC(=O)NC(CO)C(O)CCCCCCCCCCCCCCC. The molecule has 0 aliphatic carbocycles. The summed E-state index contributed by atoms with van der Waals surface area (Å²) in [7, 11) is 0. The quantitative estimate of drug-likeness (QED) is 0.0321. The monoisotopic (exact) mass is 932 g/mol. The van der Waals surface area contributed by atoms with E-state index in [2.05, 4.69) is 31.3 Å². The van der Waals surface area contributed by atoms with Crippen LogP contribution in [0, 0.1) is 0 Å². The molecule has 0 spiro atoms. The molecule has 0 saturated carbocycles. The van der Waals surface area contributed by atoms with Crippen LogP contribution in [-0.2, 0) is 14.3 Å². The molecule has 66 heavy (non-hydrogen) atoms. The van der Waals surface area contributed by atoms with E-state index in [1.165, 1.54) is 263 Å². The maximum Gasteiger partial charge on any atom is 0.305 e. The summed E-state index contributed by atoms with van der Waals surface area (Å²) in [5, 5.41) is 23.2. The normalized spacial score (nSPS) is 12.6. The van der Waals surface area contributed by atoms with Crippen LogP contribution in [0.15, 0.2) is 12.2 Å². The van der Waals surface area contributed by atoms with E-state index < -0.39 is 12.1 Å². The Kier molecular flexibility index (Phi) is 55.0. The average molecular weight is 933 g/mol. The number of rotatable bonds is 56. The van der Waals surface area contributed by atoms with Crippen molar-refractivity contribution in [3.63, 3.8) is 0 Å². The first-order valence-corrected chi connectivity index (χ1v) is 29.9. The maximum absolute atomic E-state index is 12.5. The molecule has 0 fully saturated rings. The van der Waals surface area contributed by atoms with Gasteiger partial charge in [0.15, 0.2) is 0 Å². The molecule has 0 radical (unpaired) electrons. The fourth-order valence-electron chi connectivity index (χ4n) is 9.46. The Balaban J connectivity index is 3.39. The van der Waals surface area contributed by atoms with Crippen LogP contribution in [0.25, 0.3) is 0 Å². The molecule has 0 aromatic heterocycles. The zero-order valence-corrected chi connectivity index (χ0v) is 44.7. The van der Waals surface area contributed by atoms with Crippen molar-refractivity contribution in [1.82, 2.24) is 5.32 Å². The van der Waals surface area contributed by atoms with E-state index in [9.17, 15) is 19.8 Å². The van der Waals surface area contributed by atoms with Gasteiger partial charge in [0.1, 0.15) is 0 Å². The Morgan fingerprint density at radius 3 is 1.08 bits per heavy atom. The van der Waals surface area contributed by atoms with Crippen molar-refractivity contribution in [2.75, 3.05) is 13.2 Å². The van der Waals surface area contributed by atoms with E-state index in [1.54, 1.807) is 0 Å². The average Bonchev–Trinajstić information content (AvgIpc) is 3.32. The zero-order valence-electron chi connectivity index (χ0n) is 44.7. The van der Waals surface area contributed by atoms with Crippen LogP contribution in [-0.4, -0.2) is 47.4 Å². The van der Waals surface area contributed by atoms with Gasteiger partial charge in [-0.3, -0.25) is 9.59 Å². The lowest BCUT2D eigenvalue weighted by atomic mass is 10.0. The van der Waals surface area contributed by atoms with E-state index in [4.69, 9.17) is 4.74 Å². The second-order valence-corrected chi connectivity index (χ2v) is 20.7. The molecule has 0 aliphatic heterocycles. The van der Waals surface area contributed by atoms with Crippen molar-refractivity contribution in [2.24, 2.45) is 0 Å². The van der Waals surface area contributed by atoms with Crippen LogP contribution in [0.3, 0.4) is 0 Å². The smallest absolute Gasteiger partial charge is 0.305 e. The highest BCUT2D eigenvalue weighted by Crippen LogP contribution is 2.17. The van der Waals surface area contributed by atoms with Gasteiger partial charge < -0.3 is 20.3 Å². The molecule has 2 unspecified atom stereocenters. The maximum atomic E-state index is 12.5. The molecule has 2 atom stereocenters. The summed E-state index contributed by atoms with van der Waals surface area (Å²) in [5.41, 5.74) is 0. The van der Waals surface area contributed by atoms with Gasteiger partial charge in [-0.2, -0.15) is 0 Å². The highest BCUT2D eigenvalue weighted by atomic mass is 16.5. The van der Waals surface area contributed by atoms with Crippen molar-refractivity contribution >= 4 is 11.9 Å². The molecule has 0 aliphatic rings. The minimum Gasteiger partial charge on any atom is -0.466 e. The van der Waals surface area contributed by atoms with E-state index in [0.29, 0.717) is 25.9 Å². The number of carbonyl (C=O) groups is 2. The number of carbonyl (C=O) groups excluding carboxylic acids is 2. The lowest BCUT2D eigenvalue weighted by Gasteiger charge is -2.22. The van der Waals surface area contributed by atoms with E-state index >= 15 is 0 Å². The first-order valence-electron chi connectivity index (χ1n) is 29.9. The molecule has 1 amide bonds. The van der Waals surface area contributed by atoms with Crippen molar-refractivity contribution in [3.05, 3.63) is 12.2 Å². The fraction of sp³-hybridized carbons (Fsp3) is 0.933. The van der Waals surface area contributed by atoms with Crippen LogP contribution in [0.1, 0.15) is 335 Å². The molecule has 6 nitrogen and oxygen atoms in total. The van der Waals surface area contributed by atoms with Gasteiger partial charge in [0.25, 0.3) is 0 Å². The summed E-state index contributed by atoms with van der Waals surface area (Å²) < 4.78 is 5.48. The van der Waals surface area contributed by atoms with Gasteiger partial charge in [0.05, 0.1) is 25.4 Å². The Morgan fingerprint density at radius 1 is 0.409 bits per heavy atom. The molecule has 3 N–H and O–H groups in total. The molecule has 6 heteroatoms. The minimum atomic E-state index is -0.666. The third-order valence-electron chi connectivity index (χ3n) is 14.1. The number of unbranched alkanes of at least 4 members (excludes halogenated alkanes) is 43. The first kappa shape index (κ1) is 64.6. The molecule has 0 heterocycles. The summed E-state index contributed by atoms with van der Waals surface area (Å²) in [4.78, 5) is 24.5.